The number of carbonyl (C=O) groups is 1. The van der Waals surface area contributed by atoms with E-state index in [2.05, 4.69) is 10.2 Å². The van der Waals surface area contributed by atoms with E-state index in [0.29, 0.717) is 18.3 Å². The van der Waals surface area contributed by atoms with E-state index in [0.717, 1.165) is 42.5 Å². The summed E-state index contributed by atoms with van der Waals surface area (Å²) >= 11 is 0. The fourth-order valence-electron chi connectivity index (χ4n) is 3.16. The van der Waals surface area contributed by atoms with Gasteiger partial charge in [-0.15, -0.1) is 10.2 Å². The molecule has 0 saturated carbocycles. The van der Waals surface area contributed by atoms with Gasteiger partial charge in [0.25, 0.3) is 5.89 Å². The summed E-state index contributed by atoms with van der Waals surface area (Å²) in [7, 11) is 0. The molecule has 118 valence electrons. The van der Waals surface area contributed by atoms with Crippen LogP contribution in [0.2, 0.25) is 0 Å². The van der Waals surface area contributed by atoms with E-state index in [9.17, 15) is 4.79 Å². The van der Waals surface area contributed by atoms with Gasteiger partial charge in [-0.2, -0.15) is 0 Å². The molecule has 1 amide bonds. The van der Waals surface area contributed by atoms with E-state index in [1.807, 2.05) is 39.8 Å². The maximum absolute atomic E-state index is 12.6. The number of aromatic nitrogens is 3. The highest BCUT2D eigenvalue weighted by Gasteiger charge is 2.22. The van der Waals surface area contributed by atoms with Gasteiger partial charge >= 0.3 is 0 Å². The van der Waals surface area contributed by atoms with Gasteiger partial charge in [-0.05, 0) is 25.0 Å². The Morgan fingerprint density at radius 3 is 2.74 bits per heavy atom. The first kappa shape index (κ1) is 14.0. The van der Waals surface area contributed by atoms with Crippen LogP contribution in [0.3, 0.4) is 0 Å². The highest BCUT2D eigenvalue weighted by Crippen LogP contribution is 2.27. The number of aryl methyl sites for hydroxylation is 1. The van der Waals surface area contributed by atoms with Gasteiger partial charge < -0.3 is 13.9 Å². The second-order valence-electron chi connectivity index (χ2n) is 5.89. The van der Waals surface area contributed by atoms with Gasteiger partial charge in [0.15, 0.2) is 0 Å². The third-order valence-electron chi connectivity index (χ3n) is 4.31. The summed E-state index contributed by atoms with van der Waals surface area (Å²) in [5.41, 5.74) is 1.80. The van der Waals surface area contributed by atoms with Crippen LogP contribution >= 0.6 is 0 Å². The molecule has 1 fully saturated rings. The quantitative estimate of drug-likeness (QED) is 0.746. The minimum absolute atomic E-state index is 0.140. The zero-order chi connectivity index (χ0) is 15.8. The first-order valence-corrected chi connectivity index (χ1v) is 7.89. The molecule has 3 heterocycles. The number of carbonyl (C=O) groups excluding carboxylic acids is 1. The molecule has 1 saturated heterocycles. The number of rotatable bonds is 3. The Kier molecular flexibility index (Phi) is 3.37. The van der Waals surface area contributed by atoms with E-state index < -0.39 is 0 Å². The predicted octanol–water partition coefficient (Wildman–Crippen LogP) is 2.62. The van der Waals surface area contributed by atoms with Crippen LogP contribution in [-0.4, -0.2) is 38.7 Å². The lowest BCUT2D eigenvalue weighted by Crippen LogP contribution is -2.31. The van der Waals surface area contributed by atoms with Gasteiger partial charge in [-0.3, -0.25) is 4.79 Å². The molecule has 0 unspecified atom stereocenters. The summed E-state index contributed by atoms with van der Waals surface area (Å²) in [6, 6.07) is 10.00. The molecular weight excluding hydrogens is 292 g/mol. The maximum atomic E-state index is 12.6. The zero-order valence-electron chi connectivity index (χ0n) is 13.0. The lowest BCUT2D eigenvalue weighted by atomic mass is 10.2. The van der Waals surface area contributed by atoms with Gasteiger partial charge in [0, 0.05) is 30.9 Å². The molecule has 3 aromatic rings. The molecule has 0 spiro atoms. The zero-order valence-corrected chi connectivity index (χ0v) is 13.0. The highest BCUT2D eigenvalue weighted by atomic mass is 16.4. The number of benzene rings is 1. The van der Waals surface area contributed by atoms with Gasteiger partial charge in [0.1, 0.15) is 12.2 Å². The van der Waals surface area contributed by atoms with Crippen molar-refractivity contribution >= 4 is 16.8 Å². The Bertz CT molecular complexity index is 858. The molecule has 2 aromatic heterocycles. The molecule has 23 heavy (non-hydrogen) atoms. The molecule has 0 aliphatic carbocycles. The summed E-state index contributed by atoms with van der Waals surface area (Å²) in [6.45, 7) is 3.77. The third-order valence-corrected chi connectivity index (χ3v) is 4.31. The maximum Gasteiger partial charge on any atom is 0.264 e. The van der Waals surface area contributed by atoms with Crippen molar-refractivity contribution in [2.24, 2.45) is 0 Å². The van der Waals surface area contributed by atoms with Crippen molar-refractivity contribution in [3.05, 3.63) is 36.2 Å². The smallest absolute Gasteiger partial charge is 0.264 e. The molecule has 0 N–H and O–H groups in total. The number of nitrogens with zero attached hydrogens (tertiary/aromatic N) is 4. The molecule has 0 atom stereocenters. The Hall–Kier alpha value is -2.63. The number of hydrogen-bond acceptors (Lipinski definition) is 4. The second kappa shape index (κ2) is 5.53. The number of hydrogen-bond donors (Lipinski definition) is 0. The Balaban J connectivity index is 1.78. The average Bonchev–Trinajstić information content (AvgIpc) is 3.27. The van der Waals surface area contributed by atoms with Crippen LogP contribution in [0.15, 0.2) is 34.7 Å². The first-order valence-electron chi connectivity index (χ1n) is 7.89. The van der Waals surface area contributed by atoms with E-state index in [-0.39, 0.29) is 5.91 Å². The molecule has 0 bridgehead atoms. The van der Waals surface area contributed by atoms with Crippen LogP contribution in [0, 0.1) is 6.92 Å². The summed E-state index contributed by atoms with van der Waals surface area (Å²) in [5, 5.41) is 9.08. The highest BCUT2D eigenvalue weighted by molar-refractivity contribution is 5.88. The van der Waals surface area contributed by atoms with Crippen molar-refractivity contribution in [3.8, 4) is 11.6 Å². The Morgan fingerprint density at radius 2 is 2.00 bits per heavy atom. The van der Waals surface area contributed by atoms with Gasteiger partial charge in [-0.1, -0.05) is 18.2 Å². The van der Waals surface area contributed by atoms with Crippen molar-refractivity contribution in [3.63, 3.8) is 0 Å². The molecule has 1 aromatic carbocycles. The fourth-order valence-corrected chi connectivity index (χ4v) is 3.16. The Labute approximate surface area is 133 Å². The van der Waals surface area contributed by atoms with Crippen molar-refractivity contribution in [2.75, 3.05) is 13.1 Å². The molecule has 6 nitrogen and oxygen atoms in total. The summed E-state index contributed by atoms with van der Waals surface area (Å²) in [6.07, 6.45) is 2.18. The third kappa shape index (κ3) is 2.50. The average molecular weight is 310 g/mol. The monoisotopic (exact) mass is 310 g/mol. The topological polar surface area (TPSA) is 64.2 Å². The molecule has 0 radical (unpaired) electrons. The molecule has 1 aliphatic heterocycles. The van der Waals surface area contributed by atoms with E-state index in [1.54, 1.807) is 6.92 Å². The minimum Gasteiger partial charge on any atom is -0.420 e. The van der Waals surface area contributed by atoms with Crippen molar-refractivity contribution in [1.82, 2.24) is 19.7 Å². The molecule has 4 rings (SSSR count). The van der Waals surface area contributed by atoms with Gasteiger partial charge in [0.2, 0.25) is 11.8 Å². The number of likely N-dealkylation sites (tertiary alicyclic amines) is 1. The fraction of sp³-hybridized carbons (Fsp3) is 0.353. The predicted molar refractivity (Wildman–Crippen MR) is 85.8 cm³/mol. The summed E-state index contributed by atoms with van der Waals surface area (Å²) < 4.78 is 7.55. The van der Waals surface area contributed by atoms with Crippen LogP contribution in [0.4, 0.5) is 0 Å². The van der Waals surface area contributed by atoms with Gasteiger partial charge in [0.05, 0.1) is 0 Å². The molecule has 6 heteroatoms. The lowest BCUT2D eigenvalue weighted by molar-refractivity contribution is -0.130. The van der Waals surface area contributed by atoms with E-state index in [1.165, 1.54) is 0 Å². The minimum atomic E-state index is 0.140. The van der Waals surface area contributed by atoms with Crippen LogP contribution in [0.25, 0.3) is 22.5 Å². The molecule has 1 aliphatic rings. The summed E-state index contributed by atoms with van der Waals surface area (Å²) in [4.78, 5) is 14.5. The van der Waals surface area contributed by atoms with Crippen LogP contribution in [-0.2, 0) is 11.3 Å². The van der Waals surface area contributed by atoms with Gasteiger partial charge in [-0.25, -0.2) is 0 Å². The summed E-state index contributed by atoms with van der Waals surface area (Å²) in [5.74, 6) is 1.11. The lowest BCUT2D eigenvalue weighted by Gasteiger charge is -2.17. The SMILES string of the molecule is Cc1nnc(-c2cc3ccccc3n2CC(=O)N2CCCC2)o1. The van der Waals surface area contributed by atoms with Crippen molar-refractivity contribution in [1.29, 1.82) is 0 Å². The Morgan fingerprint density at radius 1 is 1.22 bits per heavy atom. The number of para-hydroxylation sites is 1. The first-order chi connectivity index (χ1) is 11.2. The number of fused-ring (bicyclic) bond motifs is 1. The second-order valence-corrected chi connectivity index (χ2v) is 5.89. The largest absolute Gasteiger partial charge is 0.420 e. The van der Waals surface area contributed by atoms with Crippen molar-refractivity contribution < 1.29 is 9.21 Å². The normalized spacial score (nSPS) is 14.7. The standard InChI is InChI=1S/C17H18N4O2/c1-12-18-19-17(23-12)15-10-13-6-2-3-7-14(13)21(15)11-16(22)20-8-4-5-9-20/h2-3,6-7,10H,4-5,8-9,11H2,1H3. The molecular formula is C17H18N4O2. The van der Waals surface area contributed by atoms with Crippen LogP contribution in [0.5, 0.6) is 0 Å². The number of amides is 1. The van der Waals surface area contributed by atoms with E-state index >= 15 is 0 Å². The van der Waals surface area contributed by atoms with Crippen molar-refractivity contribution in [2.45, 2.75) is 26.3 Å². The van der Waals surface area contributed by atoms with E-state index in [4.69, 9.17) is 4.42 Å². The van der Waals surface area contributed by atoms with Crippen LogP contribution < -0.4 is 0 Å². The van der Waals surface area contributed by atoms with Crippen LogP contribution in [0.1, 0.15) is 18.7 Å².